The van der Waals surface area contributed by atoms with Crippen LogP contribution in [0.3, 0.4) is 0 Å². The molecule has 0 amide bonds. The summed E-state index contributed by atoms with van der Waals surface area (Å²) in [5.74, 6) is 0. The molecule has 0 aliphatic heterocycles. The Bertz CT molecular complexity index is 681. The number of aliphatic imine (C=N–C) groups is 1. The molecule has 0 spiro atoms. The largest absolute Gasteiger partial charge is 0.386 e. The van der Waals surface area contributed by atoms with Crippen molar-refractivity contribution in [1.29, 1.82) is 0 Å². The first-order valence-corrected chi connectivity index (χ1v) is 6.93. The van der Waals surface area contributed by atoms with Crippen molar-refractivity contribution >= 4 is 11.9 Å². The van der Waals surface area contributed by atoms with Crippen LogP contribution < -0.4 is 0 Å². The molecule has 2 aromatic rings. The summed E-state index contributed by atoms with van der Waals surface area (Å²) in [5, 5.41) is 21.5. The predicted molar refractivity (Wildman–Crippen MR) is 86.2 cm³/mol. The van der Waals surface area contributed by atoms with E-state index in [2.05, 4.69) is 4.99 Å². The van der Waals surface area contributed by atoms with Crippen LogP contribution in [-0.2, 0) is 0 Å². The number of nitrogens with zero attached hydrogens (tertiary/aromatic N) is 2. The summed E-state index contributed by atoms with van der Waals surface area (Å²) < 4.78 is 0. The van der Waals surface area contributed by atoms with E-state index in [4.69, 9.17) is 0 Å². The lowest BCUT2D eigenvalue weighted by Gasteiger charge is -2.26. The molecule has 22 heavy (non-hydrogen) atoms. The first-order valence-electron chi connectivity index (χ1n) is 6.93. The summed E-state index contributed by atoms with van der Waals surface area (Å²) in [4.78, 5) is 14.9. The van der Waals surface area contributed by atoms with Gasteiger partial charge in [-0.25, -0.2) is 0 Å². The molecule has 0 fully saturated rings. The normalized spacial score (nSPS) is 13.2. The SMILES string of the molecule is CC(C)(N=Cc1ccccc1[N+](=O)[O-])C(O)c1ccccc1. The van der Waals surface area contributed by atoms with Gasteiger partial charge in [-0.05, 0) is 25.5 Å². The molecule has 1 N–H and O–H groups in total. The molecule has 114 valence electrons. The number of rotatable bonds is 5. The second-order valence-corrected chi connectivity index (χ2v) is 5.54. The third-order valence-electron chi connectivity index (χ3n) is 3.45. The smallest absolute Gasteiger partial charge is 0.278 e. The molecule has 1 atom stereocenters. The lowest BCUT2D eigenvalue weighted by molar-refractivity contribution is -0.385. The van der Waals surface area contributed by atoms with Gasteiger partial charge in [0, 0.05) is 12.3 Å². The van der Waals surface area contributed by atoms with Gasteiger partial charge in [-0.1, -0.05) is 42.5 Å². The van der Waals surface area contributed by atoms with Crippen molar-refractivity contribution in [3.8, 4) is 0 Å². The van der Waals surface area contributed by atoms with Gasteiger partial charge in [-0.3, -0.25) is 15.1 Å². The van der Waals surface area contributed by atoms with Gasteiger partial charge in [0.25, 0.3) is 5.69 Å². The maximum Gasteiger partial charge on any atom is 0.278 e. The highest BCUT2D eigenvalue weighted by molar-refractivity contribution is 5.85. The molecule has 5 nitrogen and oxygen atoms in total. The molecule has 2 rings (SSSR count). The fourth-order valence-corrected chi connectivity index (χ4v) is 2.11. The topological polar surface area (TPSA) is 75.7 Å². The van der Waals surface area contributed by atoms with Crippen molar-refractivity contribution in [3.05, 3.63) is 75.8 Å². The summed E-state index contributed by atoms with van der Waals surface area (Å²) in [6.07, 6.45) is 0.650. The van der Waals surface area contributed by atoms with Crippen LogP contribution in [0.4, 0.5) is 5.69 Å². The van der Waals surface area contributed by atoms with Crippen molar-refractivity contribution in [2.24, 2.45) is 4.99 Å². The minimum atomic E-state index is -0.801. The molecule has 0 aromatic heterocycles. The van der Waals surface area contributed by atoms with E-state index >= 15 is 0 Å². The Labute approximate surface area is 129 Å². The second kappa shape index (κ2) is 6.49. The van der Waals surface area contributed by atoms with Crippen molar-refractivity contribution in [3.63, 3.8) is 0 Å². The zero-order chi connectivity index (χ0) is 16.2. The Balaban J connectivity index is 2.27. The van der Waals surface area contributed by atoms with E-state index < -0.39 is 16.6 Å². The predicted octanol–water partition coefficient (Wildman–Crippen LogP) is 3.53. The van der Waals surface area contributed by atoms with Gasteiger partial charge >= 0.3 is 0 Å². The van der Waals surface area contributed by atoms with Gasteiger partial charge in [-0.15, -0.1) is 0 Å². The van der Waals surface area contributed by atoms with Gasteiger partial charge in [0.05, 0.1) is 16.0 Å². The summed E-state index contributed by atoms with van der Waals surface area (Å²) in [6.45, 7) is 3.58. The monoisotopic (exact) mass is 298 g/mol. The van der Waals surface area contributed by atoms with Gasteiger partial charge in [0.2, 0.25) is 0 Å². The number of hydrogen-bond donors (Lipinski definition) is 1. The third-order valence-corrected chi connectivity index (χ3v) is 3.45. The lowest BCUT2D eigenvalue weighted by Crippen LogP contribution is -2.27. The minimum absolute atomic E-state index is 0.00347. The maximum absolute atomic E-state index is 11.0. The van der Waals surface area contributed by atoms with E-state index in [1.54, 1.807) is 32.0 Å². The van der Waals surface area contributed by atoms with Crippen LogP contribution >= 0.6 is 0 Å². The molecule has 0 heterocycles. The van der Waals surface area contributed by atoms with E-state index in [0.29, 0.717) is 5.56 Å². The summed E-state index contributed by atoms with van der Waals surface area (Å²) in [7, 11) is 0. The number of aliphatic hydroxyl groups is 1. The van der Waals surface area contributed by atoms with Crippen LogP contribution in [0.15, 0.2) is 59.6 Å². The van der Waals surface area contributed by atoms with E-state index in [1.165, 1.54) is 12.3 Å². The average molecular weight is 298 g/mol. The van der Waals surface area contributed by atoms with Gasteiger partial charge in [0.1, 0.15) is 6.10 Å². The van der Waals surface area contributed by atoms with E-state index in [-0.39, 0.29) is 5.69 Å². The number of hydrogen-bond acceptors (Lipinski definition) is 4. The highest BCUT2D eigenvalue weighted by Crippen LogP contribution is 2.29. The van der Waals surface area contributed by atoms with E-state index in [1.807, 2.05) is 30.3 Å². The zero-order valence-electron chi connectivity index (χ0n) is 12.5. The number of nitro benzene ring substituents is 1. The third kappa shape index (κ3) is 3.56. The highest BCUT2D eigenvalue weighted by Gasteiger charge is 2.28. The van der Waals surface area contributed by atoms with Crippen LogP contribution in [0, 0.1) is 10.1 Å². The Kier molecular flexibility index (Phi) is 4.68. The Hall–Kier alpha value is -2.53. The van der Waals surface area contributed by atoms with Crippen LogP contribution in [0.2, 0.25) is 0 Å². The Morgan fingerprint density at radius 2 is 1.73 bits per heavy atom. The lowest BCUT2D eigenvalue weighted by atomic mass is 9.92. The molecule has 0 aliphatic carbocycles. The molecule has 1 unspecified atom stereocenters. The maximum atomic E-state index is 11.0. The van der Waals surface area contributed by atoms with Crippen LogP contribution in [0.1, 0.15) is 31.1 Å². The average Bonchev–Trinajstić information content (AvgIpc) is 2.53. The van der Waals surface area contributed by atoms with Gasteiger partial charge < -0.3 is 5.11 Å². The first-order chi connectivity index (χ1) is 10.4. The van der Waals surface area contributed by atoms with Gasteiger partial charge in [0.15, 0.2) is 0 Å². The highest BCUT2D eigenvalue weighted by atomic mass is 16.6. The van der Waals surface area contributed by atoms with Gasteiger partial charge in [-0.2, -0.15) is 0 Å². The second-order valence-electron chi connectivity index (χ2n) is 5.54. The molecular weight excluding hydrogens is 280 g/mol. The molecule has 2 aromatic carbocycles. The summed E-state index contributed by atoms with van der Waals surface area (Å²) in [5.41, 5.74) is 0.370. The summed E-state index contributed by atoms with van der Waals surface area (Å²) >= 11 is 0. The fraction of sp³-hybridized carbons (Fsp3) is 0.235. The molecule has 0 radical (unpaired) electrons. The van der Waals surface area contributed by atoms with Crippen LogP contribution in [0.25, 0.3) is 0 Å². The molecule has 0 aliphatic rings. The Morgan fingerprint density at radius 1 is 1.14 bits per heavy atom. The molecule has 0 saturated heterocycles. The standard InChI is InChI=1S/C17H18N2O3/c1-17(2,16(20)13-8-4-3-5-9-13)18-12-14-10-6-7-11-15(14)19(21)22/h3-12,16,20H,1-2H3. The number of benzene rings is 2. The molecular formula is C17H18N2O3. The number of aliphatic hydroxyl groups excluding tert-OH is 1. The Morgan fingerprint density at radius 3 is 2.36 bits per heavy atom. The zero-order valence-corrected chi connectivity index (χ0v) is 12.5. The number of para-hydroxylation sites is 1. The quantitative estimate of drug-likeness (QED) is 0.521. The summed E-state index contributed by atoms with van der Waals surface area (Å²) in [6, 6.07) is 15.6. The van der Waals surface area contributed by atoms with E-state index in [0.717, 1.165) is 5.56 Å². The van der Waals surface area contributed by atoms with Crippen molar-refractivity contribution in [2.75, 3.05) is 0 Å². The van der Waals surface area contributed by atoms with Crippen LogP contribution in [-0.4, -0.2) is 21.8 Å². The minimum Gasteiger partial charge on any atom is -0.386 e. The van der Waals surface area contributed by atoms with Crippen LogP contribution in [0.5, 0.6) is 0 Å². The fourth-order valence-electron chi connectivity index (χ4n) is 2.11. The molecule has 0 bridgehead atoms. The first kappa shape index (κ1) is 15.9. The van der Waals surface area contributed by atoms with Crippen molar-refractivity contribution in [2.45, 2.75) is 25.5 Å². The van der Waals surface area contributed by atoms with E-state index in [9.17, 15) is 15.2 Å². The van der Waals surface area contributed by atoms with Crippen molar-refractivity contribution in [1.82, 2.24) is 0 Å². The number of nitro groups is 1. The van der Waals surface area contributed by atoms with Crippen molar-refractivity contribution < 1.29 is 10.0 Å². The molecule has 0 saturated carbocycles. The molecule has 5 heteroatoms.